The zero-order valence-electron chi connectivity index (χ0n) is 9.98. The van der Waals surface area contributed by atoms with Crippen molar-refractivity contribution in [3.8, 4) is 0 Å². The Hall–Kier alpha value is -1.13. The molecule has 0 radical (unpaired) electrons. The minimum atomic E-state index is 0.0270. The largest absolute Gasteiger partial charge is 0.395 e. The summed E-state index contributed by atoms with van der Waals surface area (Å²) in [7, 11) is 0. The number of anilines is 1. The van der Waals surface area contributed by atoms with Crippen LogP contribution in [0.3, 0.4) is 0 Å². The molecule has 0 spiro atoms. The first-order valence-electron chi connectivity index (χ1n) is 5.71. The van der Waals surface area contributed by atoms with E-state index in [1.165, 1.54) is 0 Å². The molecule has 16 heavy (non-hydrogen) atoms. The Labute approximate surface area is 96.6 Å². The van der Waals surface area contributed by atoms with Crippen molar-refractivity contribution >= 4 is 5.82 Å². The number of nitrogens with zero attached hydrogens (tertiary/aromatic N) is 2. The van der Waals surface area contributed by atoms with Crippen LogP contribution in [0.5, 0.6) is 0 Å². The molecule has 0 aliphatic rings. The highest BCUT2D eigenvalue weighted by Crippen LogP contribution is 2.15. The van der Waals surface area contributed by atoms with Crippen molar-refractivity contribution in [2.24, 2.45) is 0 Å². The van der Waals surface area contributed by atoms with Gasteiger partial charge in [0, 0.05) is 18.8 Å². The topological polar surface area (TPSA) is 56.6 Å². The van der Waals surface area contributed by atoms with Crippen molar-refractivity contribution in [1.29, 1.82) is 0 Å². The Balaban J connectivity index is 3.00. The fourth-order valence-corrected chi connectivity index (χ4v) is 1.62. The lowest BCUT2D eigenvalue weighted by Crippen LogP contribution is -2.27. The summed E-state index contributed by atoms with van der Waals surface area (Å²) in [6, 6.07) is 3.79. The Kier molecular flexibility index (Phi) is 5.22. The number of aryl methyl sites for hydroxylation is 1. The van der Waals surface area contributed by atoms with E-state index in [0.717, 1.165) is 30.0 Å². The second kappa shape index (κ2) is 6.45. The molecule has 0 saturated carbocycles. The average molecular weight is 224 g/mol. The van der Waals surface area contributed by atoms with Crippen LogP contribution >= 0.6 is 0 Å². The molecule has 0 saturated heterocycles. The van der Waals surface area contributed by atoms with Crippen LogP contribution in [0.25, 0.3) is 0 Å². The summed E-state index contributed by atoms with van der Waals surface area (Å²) in [6.45, 7) is 5.57. The van der Waals surface area contributed by atoms with Gasteiger partial charge >= 0.3 is 0 Å². The standard InChI is InChI=1S/C12H20N2O2/c1-3-11-7-10(9-16)8-12(13-11)14(4-2)5-6-15/h7-8,15-16H,3-6,9H2,1-2H3. The van der Waals surface area contributed by atoms with Gasteiger partial charge in [0.15, 0.2) is 0 Å². The summed E-state index contributed by atoms with van der Waals surface area (Å²) >= 11 is 0. The van der Waals surface area contributed by atoms with E-state index in [9.17, 15) is 5.11 Å². The lowest BCUT2D eigenvalue weighted by molar-refractivity contribution is 0.281. The average Bonchev–Trinajstić information content (AvgIpc) is 2.35. The number of hydrogen-bond donors (Lipinski definition) is 2. The third-order valence-corrected chi connectivity index (χ3v) is 2.55. The van der Waals surface area contributed by atoms with Crippen LogP contribution in [0.15, 0.2) is 12.1 Å². The lowest BCUT2D eigenvalue weighted by atomic mass is 10.2. The fraction of sp³-hybridized carbons (Fsp3) is 0.583. The molecule has 4 nitrogen and oxygen atoms in total. The maximum absolute atomic E-state index is 9.17. The summed E-state index contributed by atoms with van der Waals surface area (Å²) in [5, 5.41) is 18.1. The summed E-state index contributed by atoms with van der Waals surface area (Å²) in [5.41, 5.74) is 1.84. The van der Waals surface area contributed by atoms with E-state index in [1.54, 1.807) is 0 Å². The van der Waals surface area contributed by atoms with Crippen molar-refractivity contribution < 1.29 is 10.2 Å². The predicted molar refractivity (Wildman–Crippen MR) is 64.5 cm³/mol. The van der Waals surface area contributed by atoms with Gasteiger partial charge in [0.2, 0.25) is 0 Å². The summed E-state index contributed by atoms with van der Waals surface area (Å²) in [4.78, 5) is 6.49. The molecule has 0 amide bonds. The molecular weight excluding hydrogens is 204 g/mol. The smallest absolute Gasteiger partial charge is 0.129 e. The molecular formula is C12H20N2O2. The minimum Gasteiger partial charge on any atom is -0.395 e. The van der Waals surface area contributed by atoms with E-state index >= 15 is 0 Å². The second-order valence-corrected chi connectivity index (χ2v) is 3.64. The maximum atomic E-state index is 9.17. The Morgan fingerprint density at radius 3 is 2.50 bits per heavy atom. The first-order valence-corrected chi connectivity index (χ1v) is 5.71. The number of pyridine rings is 1. The molecule has 1 rings (SSSR count). The van der Waals surface area contributed by atoms with E-state index in [1.807, 2.05) is 30.9 Å². The molecule has 4 heteroatoms. The van der Waals surface area contributed by atoms with E-state index in [2.05, 4.69) is 4.98 Å². The summed E-state index contributed by atoms with van der Waals surface area (Å²) < 4.78 is 0. The van der Waals surface area contributed by atoms with E-state index < -0.39 is 0 Å². The monoisotopic (exact) mass is 224 g/mol. The molecule has 0 bridgehead atoms. The first-order chi connectivity index (χ1) is 7.74. The van der Waals surface area contributed by atoms with Gasteiger partial charge in [0.25, 0.3) is 0 Å². The normalized spacial score (nSPS) is 10.5. The fourth-order valence-electron chi connectivity index (χ4n) is 1.62. The van der Waals surface area contributed by atoms with Crippen molar-refractivity contribution in [2.75, 3.05) is 24.6 Å². The molecule has 1 aromatic rings. The molecule has 0 aliphatic heterocycles. The van der Waals surface area contributed by atoms with Crippen molar-refractivity contribution in [3.05, 3.63) is 23.4 Å². The molecule has 2 N–H and O–H groups in total. The number of aromatic nitrogens is 1. The Morgan fingerprint density at radius 2 is 2.00 bits per heavy atom. The Bertz CT molecular complexity index is 307. The first kappa shape index (κ1) is 12.9. The summed E-state index contributed by atoms with van der Waals surface area (Å²) in [5.74, 6) is 0.833. The number of aliphatic hydroxyl groups is 2. The number of aliphatic hydroxyl groups excluding tert-OH is 2. The quantitative estimate of drug-likeness (QED) is 0.755. The highest BCUT2D eigenvalue weighted by atomic mass is 16.3. The van der Waals surface area contributed by atoms with E-state index in [4.69, 9.17) is 5.11 Å². The number of rotatable bonds is 6. The molecule has 1 aromatic heterocycles. The molecule has 90 valence electrons. The zero-order chi connectivity index (χ0) is 12.0. The van der Waals surface area contributed by atoms with Gasteiger partial charge in [0.05, 0.1) is 13.2 Å². The van der Waals surface area contributed by atoms with Gasteiger partial charge in [-0.1, -0.05) is 6.92 Å². The third-order valence-electron chi connectivity index (χ3n) is 2.55. The van der Waals surface area contributed by atoms with Crippen molar-refractivity contribution in [2.45, 2.75) is 26.9 Å². The van der Waals surface area contributed by atoms with Gasteiger partial charge < -0.3 is 15.1 Å². The third kappa shape index (κ3) is 3.18. The highest BCUT2D eigenvalue weighted by molar-refractivity contribution is 5.42. The van der Waals surface area contributed by atoms with E-state index in [0.29, 0.717) is 6.54 Å². The van der Waals surface area contributed by atoms with Crippen LogP contribution in [-0.2, 0) is 13.0 Å². The van der Waals surface area contributed by atoms with Crippen LogP contribution in [0.4, 0.5) is 5.82 Å². The van der Waals surface area contributed by atoms with Crippen LogP contribution in [0.1, 0.15) is 25.1 Å². The zero-order valence-corrected chi connectivity index (χ0v) is 9.98. The Morgan fingerprint density at radius 1 is 1.25 bits per heavy atom. The molecule has 0 unspecified atom stereocenters. The lowest BCUT2D eigenvalue weighted by Gasteiger charge is -2.22. The van der Waals surface area contributed by atoms with Crippen LogP contribution in [0.2, 0.25) is 0 Å². The number of likely N-dealkylation sites (N-methyl/N-ethyl adjacent to an activating group) is 1. The SMILES string of the molecule is CCc1cc(CO)cc(N(CC)CCO)n1. The molecule has 0 fully saturated rings. The summed E-state index contributed by atoms with van der Waals surface area (Å²) in [6.07, 6.45) is 0.845. The van der Waals surface area contributed by atoms with Gasteiger partial charge in [-0.3, -0.25) is 0 Å². The van der Waals surface area contributed by atoms with Crippen LogP contribution in [0, 0.1) is 0 Å². The molecule has 0 aromatic carbocycles. The van der Waals surface area contributed by atoms with Gasteiger partial charge in [-0.25, -0.2) is 4.98 Å². The van der Waals surface area contributed by atoms with Gasteiger partial charge in [-0.15, -0.1) is 0 Å². The molecule has 0 aliphatic carbocycles. The maximum Gasteiger partial charge on any atom is 0.129 e. The van der Waals surface area contributed by atoms with Crippen molar-refractivity contribution in [1.82, 2.24) is 4.98 Å². The van der Waals surface area contributed by atoms with Crippen LogP contribution < -0.4 is 4.90 Å². The van der Waals surface area contributed by atoms with Gasteiger partial charge in [-0.05, 0) is 31.0 Å². The molecule has 1 heterocycles. The van der Waals surface area contributed by atoms with Crippen molar-refractivity contribution in [3.63, 3.8) is 0 Å². The van der Waals surface area contributed by atoms with Crippen LogP contribution in [-0.4, -0.2) is 34.9 Å². The second-order valence-electron chi connectivity index (χ2n) is 3.64. The van der Waals surface area contributed by atoms with Gasteiger partial charge in [-0.2, -0.15) is 0 Å². The van der Waals surface area contributed by atoms with E-state index in [-0.39, 0.29) is 13.2 Å². The predicted octanol–water partition coefficient (Wildman–Crippen LogP) is 0.955. The molecule has 0 atom stereocenters. The number of hydrogen-bond acceptors (Lipinski definition) is 4. The highest BCUT2D eigenvalue weighted by Gasteiger charge is 2.07. The minimum absolute atomic E-state index is 0.0270. The van der Waals surface area contributed by atoms with Gasteiger partial charge in [0.1, 0.15) is 5.82 Å².